The Morgan fingerprint density at radius 1 is 1.22 bits per heavy atom. The summed E-state index contributed by atoms with van der Waals surface area (Å²) in [7, 11) is -8.05. The third-order valence-electron chi connectivity index (χ3n) is 3.44. The minimum Gasteiger partial charge on any atom is -0.429 e. The molecule has 2 unspecified atom stereocenters. The minimum absolute atomic E-state index is 0.246. The first-order chi connectivity index (χ1) is 10.1. The fraction of sp³-hybridized carbons (Fsp3) is 1.00. The fourth-order valence-electron chi connectivity index (χ4n) is 2.72. The number of piperidine rings is 1. The zero-order valence-electron chi connectivity index (χ0n) is 13.8. The average molecular weight is 382 g/mol. The lowest BCUT2D eigenvalue weighted by atomic mass is 9.98. The van der Waals surface area contributed by atoms with Gasteiger partial charge in [0, 0.05) is 12.2 Å². The molecule has 0 aliphatic carbocycles. The highest BCUT2D eigenvalue weighted by atomic mass is 32.3. The number of halogens is 3. The van der Waals surface area contributed by atoms with Crippen LogP contribution in [0.5, 0.6) is 0 Å². The van der Waals surface area contributed by atoms with E-state index in [4.69, 9.17) is 0 Å². The van der Waals surface area contributed by atoms with E-state index in [0.29, 0.717) is 0 Å². The van der Waals surface area contributed by atoms with Crippen molar-refractivity contribution in [1.29, 1.82) is 0 Å². The molecule has 0 spiro atoms. The number of hydrogen-bond acceptors (Lipinski definition) is 4. The molecule has 1 aliphatic rings. The predicted octanol–water partition coefficient (Wildman–Crippen LogP) is 2.44. The van der Waals surface area contributed by atoms with Crippen LogP contribution in [0.3, 0.4) is 0 Å². The molecule has 1 fully saturated rings. The highest BCUT2D eigenvalue weighted by molar-refractivity contribution is 8.12. The maximum Gasteiger partial charge on any atom is 0.480 e. The summed E-state index contributed by atoms with van der Waals surface area (Å²) in [5.74, 6) is 0.959. The molecule has 0 bridgehead atoms. The molecule has 1 saturated heterocycles. The lowest BCUT2D eigenvalue weighted by Gasteiger charge is -2.40. The summed E-state index contributed by atoms with van der Waals surface area (Å²) >= 11 is 0. The number of hydrogen-bond donors (Lipinski definition) is 0. The van der Waals surface area contributed by atoms with E-state index in [9.17, 15) is 30.0 Å². The molecule has 0 aromatic carbocycles. The number of quaternary nitrogens is 1. The van der Waals surface area contributed by atoms with Gasteiger partial charge in [-0.05, 0) is 19.3 Å². The smallest absolute Gasteiger partial charge is 0.429 e. The Hall–Kier alpha value is -0.390. The lowest BCUT2D eigenvalue weighted by Crippen LogP contribution is -2.50. The van der Waals surface area contributed by atoms with Crippen molar-refractivity contribution in [2.45, 2.75) is 38.6 Å². The topological polar surface area (TPSA) is 82.4 Å². The first-order valence-electron chi connectivity index (χ1n) is 7.21. The van der Waals surface area contributed by atoms with Crippen molar-refractivity contribution in [2.24, 2.45) is 5.92 Å². The Balaban J connectivity index is 0.000000422. The van der Waals surface area contributed by atoms with Crippen molar-refractivity contribution < 1.29 is 34.5 Å². The largest absolute Gasteiger partial charge is 0.480 e. The quantitative estimate of drug-likeness (QED) is 0.699. The average Bonchev–Trinajstić information content (AvgIpc) is 2.23. The summed E-state index contributed by atoms with van der Waals surface area (Å²) in [5.41, 5.74) is -5.67. The molecular formula is C12H25F3N2O4S2. The summed E-state index contributed by atoms with van der Waals surface area (Å²) in [6.07, 6.45) is 4.48. The van der Waals surface area contributed by atoms with Gasteiger partial charge in [-0.3, -0.25) is 0 Å². The van der Waals surface area contributed by atoms with Crippen molar-refractivity contribution in [3.8, 4) is 0 Å². The first-order valence-corrected chi connectivity index (χ1v) is 10.5. The molecule has 0 saturated carbocycles. The van der Waals surface area contributed by atoms with E-state index >= 15 is 0 Å². The Morgan fingerprint density at radius 2 is 1.74 bits per heavy atom. The Kier molecular flexibility index (Phi) is 7.99. The summed E-state index contributed by atoms with van der Waals surface area (Å²) in [6.45, 7) is 8.89. The molecule has 0 aromatic heterocycles. The van der Waals surface area contributed by atoms with E-state index in [1.54, 1.807) is 4.13 Å². The van der Waals surface area contributed by atoms with Crippen LogP contribution in [-0.4, -0.2) is 59.8 Å². The van der Waals surface area contributed by atoms with Crippen molar-refractivity contribution in [3.05, 3.63) is 4.13 Å². The molecule has 23 heavy (non-hydrogen) atoms. The molecule has 0 amide bonds. The summed E-state index contributed by atoms with van der Waals surface area (Å²) in [5, 5.41) is 0. The van der Waals surface area contributed by atoms with E-state index in [1.165, 1.54) is 43.4 Å². The molecule has 0 aromatic rings. The second kappa shape index (κ2) is 8.13. The van der Waals surface area contributed by atoms with Crippen LogP contribution in [0.2, 0.25) is 0 Å². The van der Waals surface area contributed by atoms with Crippen LogP contribution >= 0.6 is 0 Å². The predicted molar refractivity (Wildman–Crippen MR) is 82.7 cm³/mol. The highest BCUT2D eigenvalue weighted by Gasteiger charge is 2.40. The maximum atomic E-state index is 11.4. The number of alkyl halides is 3. The molecule has 0 N–H and O–H groups in total. The van der Waals surface area contributed by atoms with Crippen LogP contribution in [0.25, 0.3) is 4.13 Å². The summed E-state index contributed by atoms with van der Waals surface area (Å²) < 4.78 is 77.3. The molecule has 1 aliphatic heterocycles. The van der Waals surface area contributed by atoms with Gasteiger partial charge in [0.05, 0.1) is 36.7 Å². The first kappa shape index (κ1) is 22.6. The molecule has 2 atom stereocenters. The second-order valence-electron chi connectivity index (χ2n) is 6.23. The number of sulfonamides is 2. The van der Waals surface area contributed by atoms with Gasteiger partial charge in [0.25, 0.3) is 0 Å². The third kappa shape index (κ3) is 8.87. The molecule has 0 radical (unpaired) electrons. The summed E-state index contributed by atoms with van der Waals surface area (Å²) in [4.78, 5) is 0. The van der Waals surface area contributed by atoms with Crippen LogP contribution in [0.1, 0.15) is 33.1 Å². The van der Waals surface area contributed by atoms with Crippen LogP contribution < -0.4 is 0 Å². The third-order valence-corrected chi connectivity index (χ3v) is 5.89. The molecule has 11 heteroatoms. The maximum absolute atomic E-state index is 11.4. The van der Waals surface area contributed by atoms with Crippen LogP contribution in [0.15, 0.2) is 0 Å². The van der Waals surface area contributed by atoms with Gasteiger partial charge in [0.1, 0.15) is 0 Å². The van der Waals surface area contributed by atoms with Crippen molar-refractivity contribution in [1.82, 2.24) is 0 Å². The van der Waals surface area contributed by atoms with Gasteiger partial charge in [-0.15, -0.1) is 0 Å². The molecule has 140 valence electrons. The molecule has 1 rings (SSSR count). The van der Waals surface area contributed by atoms with Crippen LogP contribution in [0, 0.1) is 5.92 Å². The monoisotopic (exact) mass is 382 g/mol. The van der Waals surface area contributed by atoms with Crippen LogP contribution in [0.4, 0.5) is 13.2 Å². The number of nitrogens with zero attached hydrogens (tertiary/aromatic N) is 2. The number of rotatable bonds is 4. The van der Waals surface area contributed by atoms with Gasteiger partial charge in [-0.1, -0.05) is 13.8 Å². The minimum atomic E-state index is -5.92. The Morgan fingerprint density at radius 3 is 2.04 bits per heavy atom. The van der Waals surface area contributed by atoms with Gasteiger partial charge in [0.2, 0.25) is 0 Å². The fourth-order valence-corrected chi connectivity index (χ4v) is 4.48. The standard InChI is InChI=1S/C10H22N.C2H3F3NO4S2/c1-4-7-11(3)8-5-6-10(2)9-11;1-11(7,8)6-12(9,10)2(3,4)5/h10H,4-9H2,1-3H3;1H3/q+1;-1. The van der Waals surface area contributed by atoms with Crippen molar-refractivity contribution in [2.75, 3.05) is 32.9 Å². The van der Waals surface area contributed by atoms with Gasteiger partial charge in [0.15, 0.2) is 10.0 Å². The van der Waals surface area contributed by atoms with E-state index in [0.717, 1.165) is 5.92 Å². The summed E-state index contributed by atoms with van der Waals surface area (Å²) in [6, 6.07) is 0. The van der Waals surface area contributed by atoms with E-state index in [2.05, 4.69) is 20.9 Å². The van der Waals surface area contributed by atoms with Crippen molar-refractivity contribution in [3.63, 3.8) is 0 Å². The zero-order chi connectivity index (χ0) is 18.5. The van der Waals surface area contributed by atoms with E-state index in [-0.39, 0.29) is 6.26 Å². The Bertz CT molecular complexity index is 572. The van der Waals surface area contributed by atoms with Gasteiger partial charge in [-0.25, -0.2) is 16.8 Å². The molecule has 1 heterocycles. The molecular weight excluding hydrogens is 357 g/mol. The van der Waals surface area contributed by atoms with Gasteiger partial charge >= 0.3 is 5.51 Å². The van der Waals surface area contributed by atoms with E-state index in [1.807, 2.05) is 0 Å². The van der Waals surface area contributed by atoms with Gasteiger partial charge in [-0.2, -0.15) is 13.2 Å². The zero-order valence-corrected chi connectivity index (χ0v) is 15.4. The SMILES string of the molecule is CCC[N+]1(C)CCCC(C)C1.CS(=O)(=O)[N-]S(=O)(=O)C(F)(F)F. The molecule has 6 nitrogen and oxygen atoms in total. The lowest BCUT2D eigenvalue weighted by molar-refractivity contribution is -0.917. The van der Waals surface area contributed by atoms with Gasteiger partial charge < -0.3 is 8.61 Å². The van der Waals surface area contributed by atoms with Crippen molar-refractivity contribution >= 4 is 20.0 Å². The highest BCUT2D eigenvalue weighted by Crippen LogP contribution is 2.29. The normalized spacial score (nSPS) is 26.3. The Labute approximate surface area is 136 Å². The van der Waals surface area contributed by atoms with Crippen LogP contribution in [-0.2, 0) is 20.0 Å². The number of likely N-dealkylation sites (tertiary alicyclic amines) is 1. The van der Waals surface area contributed by atoms with E-state index < -0.39 is 25.6 Å². The second-order valence-corrected chi connectivity index (χ2v) is 9.70.